The number of carbonyl (C=O) groups is 2. The van der Waals surface area contributed by atoms with Gasteiger partial charge in [-0.25, -0.2) is 9.69 Å². The summed E-state index contributed by atoms with van der Waals surface area (Å²) in [7, 11) is 0. The minimum Gasteiger partial charge on any atom is -0.447 e. The highest BCUT2D eigenvalue weighted by Gasteiger charge is 2.39. The summed E-state index contributed by atoms with van der Waals surface area (Å²) in [4.78, 5) is 26.3. The number of hydrogen-bond acceptors (Lipinski definition) is 3. The van der Waals surface area contributed by atoms with Gasteiger partial charge in [-0.15, -0.1) is 0 Å². The van der Waals surface area contributed by atoms with E-state index in [1.807, 2.05) is 43.3 Å². The molecule has 1 aromatic carbocycles. The lowest BCUT2D eigenvalue weighted by atomic mass is 9.98. The zero-order chi connectivity index (χ0) is 17.5. The molecule has 0 spiro atoms. The summed E-state index contributed by atoms with van der Waals surface area (Å²) < 4.78 is 5.16. The van der Waals surface area contributed by atoms with Gasteiger partial charge in [0.2, 0.25) is 5.91 Å². The van der Waals surface area contributed by atoms with Crippen LogP contribution in [0.2, 0.25) is 0 Å². The van der Waals surface area contributed by atoms with Crippen molar-refractivity contribution >= 4 is 12.0 Å². The predicted octanol–water partition coefficient (Wildman–Crippen LogP) is 4.21. The Labute approximate surface area is 144 Å². The van der Waals surface area contributed by atoms with Crippen molar-refractivity contribution in [1.82, 2.24) is 4.90 Å². The van der Waals surface area contributed by atoms with Gasteiger partial charge in [0, 0.05) is 5.92 Å². The number of hydrogen-bond donors (Lipinski definition) is 0. The highest BCUT2D eigenvalue weighted by molar-refractivity contribution is 5.94. The molecule has 4 heteroatoms. The van der Waals surface area contributed by atoms with E-state index in [4.69, 9.17) is 4.74 Å². The van der Waals surface area contributed by atoms with Gasteiger partial charge in [-0.1, -0.05) is 63.3 Å². The van der Waals surface area contributed by atoms with Crippen LogP contribution in [0.5, 0.6) is 0 Å². The molecule has 1 saturated heterocycles. The summed E-state index contributed by atoms with van der Waals surface area (Å²) in [5, 5.41) is 0. The largest absolute Gasteiger partial charge is 0.447 e. The Bertz CT molecular complexity index is 580. The highest BCUT2D eigenvalue weighted by Crippen LogP contribution is 2.23. The average molecular weight is 329 g/mol. The Morgan fingerprint density at radius 3 is 2.67 bits per heavy atom. The number of allylic oxidation sites excluding steroid dienone is 2. The fraction of sp³-hybridized carbons (Fsp3) is 0.500. The molecule has 0 saturated carbocycles. The first-order valence-electron chi connectivity index (χ1n) is 8.73. The summed E-state index contributed by atoms with van der Waals surface area (Å²) >= 11 is 0. The number of nitrogens with zero attached hydrogens (tertiary/aromatic N) is 1. The summed E-state index contributed by atoms with van der Waals surface area (Å²) in [6.07, 6.45) is 5.64. The van der Waals surface area contributed by atoms with E-state index in [1.165, 1.54) is 4.90 Å². The van der Waals surface area contributed by atoms with Crippen molar-refractivity contribution in [2.45, 2.75) is 46.1 Å². The molecule has 1 aromatic rings. The van der Waals surface area contributed by atoms with Gasteiger partial charge in [0.1, 0.15) is 6.61 Å². The summed E-state index contributed by atoms with van der Waals surface area (Å²) in [6.45, 7) is 6.47. The SMILES string of the molecule is CC[C@@H](C/C=C/C(C)C)C(=O)N1C(=O)OCC1Cc1ccccc1. The van der Waals surface area contributed by atoms with Crippen LogP contribution in [0.3, 0.4) is 0 Å². The molecular formula is C20H27NO3. The molecule has 1 aliphatic rings. The Kier molecular flexibility index (Phi) is 6.59. The van der Waals surface area contributed by atoms with Gasteiger partial charge < -0.3 is 4.74 Å². The quantitative estimate of drug-likeness (QED) is 0.704. The van der Waals surface area contributed by atoms with Gasteiger partial charge in [-0.05, 0) is 30.7 Å². The van der Waals surface area contributed by atoms with Crippen molar-refractivity contribution in [2.75, 3.05) is 6.61 Å². The first-order chi connectivity index (χ1) is 11.5. The molecule has 2 amide bonds. The number of imide groups is 1. The molecule has 1 unspecified atom stereocenters. The van der Waals surface area contributed by atoms with Crippen molar-refractivity contribution in [3.05, 3.63) is 48.0 Å². The molecule has 0 radical (unpaired) electrons. The lowest BCUT2D eigenvalue weighted by Gasteiger charge is -2.23. The average Bonchev–Trinajstić information content (AvgIpc) is 2.92. The number of carbonyl (C=O) groups excluding carboxylic acids is 2. The molecule has 24 heavy (non-hydrogen) atoms. The van der Waals surface area contributed by atoms with Crippen LogP contribution in [0.15, 0.2) is 42.5 Å². The fourth-order valence-corrected chi connectivity index (χ4v) is 2.92. The normalized spacial score (nSPS) is 19.1. The van der Waals surface area contributed by atoms with E-state index in [0.29, 0.717) is 25.2 Å². The lowest BCUT2D eigenvalue weighted by molar-refractivity contribution is -0.133. The molecule has 1 heterocycles. The third-order valence-corrected chi connectivity index (χ3v) is 4.30. The highest BCUT2D eigenvalue weighted by atomic mass is 16.6. The van der Waals surface area contributed by atoms with Gasteiger partial charge in [0.25, 0.3) is 0 Å². The fourth-order valence-electron chi connectivity index (χ4n) is 2.92. The van der Waals surface area contributed by atoms with E-state index >= 15 is 0 Å². The molecule has 1 aliphatic heterocycles. The van der Waals surface area contributed by atoms with Crippen LogP contribution in [-0.2, 0) is 16.0 Å². The van der Waals surface area contributed by atoms with Crippen molar-refractivity contribution < 1.29 is 14.3 Å². The van der Waals surface area contributed by atoms with Crippen LogP contribution in [0.25, 0.3) is 0 Å². The smallest absolute Gasteiger partial charge is 0.416 e. The van der Waals surface area contributed by atoms with Gasteiger partial charge in [-0.3, -0.25) is 4.79 Å². The Balaban J connectivity index is 2.07. The van der Waals surface area contributed by atoms with Gasteiger partial charge in [-0.2, -0.15) is 0 Å². The topological polar surface area (TPSA) is 46.6 Å². The van der Waals surface area contributed by atoms with Crippen LogP contribution in [0.1, 0.15) is 39.2 Å². The van der Waals surface area contributed by atoms with E-state index in [9.17, 15) is 9.59 Å². The maximum absolute atomic E-state index is 12.9. The van der Waals surface area contributed by atoms with Crippen LogP contribution in [0, 0.1) is 11.8 Å². The number of cyclic esters (lactones) is 1. The van der Waals surface area contributed by atoms with Crippen molar-refractivity contribution in [2.24, 2.45) is 11.8 Å². The molecular weight excluding hydrogens is 302 g/mol. The number of benzene rings is 1. The van der Waals surface area contributed by atoms with Crippen LogP contribution < -0.4 is 0 Å². The van der Waals surface area contributed by atoms with Gasteiger partial charge in [0.15, 0.2) is 0 Å². The predicted molar refractivity (Wildman–Crippen MR) is 94.5 cm³/mol. The zero-order valence-corrected chi connectivity index (χ0v) is 14.8. The monoisotopic (exact) mass is 329 g/mol. The summed E-state index contributed by atoms with van der Waals surface area (Å²) in [5.74, 6) is 0.165. The molecule has 0 N–H and O–H groups in total. The Hall–Kier alpha value is -2.10. The van der Waals surface area contributed by atoms with Gasteiger partial charge >= 0.3 is 6.09 Å². The molecule has 130 valence electrons. The van der Waals surface area contributed by atoms with Crippen LogP contribution >= 0.6 is 0 Å². The van der Waals surface area contributed by atoms with E-state index < -0.39 is 6.09 Å². The summed E-state index contributed by atoms with van der Waals surface area (Å²) in [5.41, 5.74) is 1.10. The molecule has 2 rings (SSSR count). The van der Waals surface area contributed by atoms with E-state index in [1.54, 1.807) is 0 Å². The number of ether oxygens (including phenoxy) is 1. The summed E-state index contributed by atoms with van der Waals surface area (Å²) in [6, 6.07) is 9.68. The third-order valence-electron chi connectivity index (χ3n) is 4.30. The third kappa shape index (κ3) is 4.70. The maximum Gasteiger partial charge on any atom is 0.416 e. The standard InChI is InChI=1S/C20H27NO3/c1-4-17(12-8-9-15(2)3)19(22)21-18(14-24-20(21)23)13-16-10-6-5-7-11-16/h5-11,15,17-18H,4,12-14H2,1-3H3/b9-8+/t17-,18?/m0/s1. The Morgan fingerprint density at radius 1 is 1.33 bits per heavy atom. The molecule has 0 aliphatic carbocycles. The minimum atomic E-state index is -0.507. The van der Waals surface area contributed by atoms with Crippen LogP contribution in [-0.4, -0.2) is 29.5 Å². The molecule has 0 aromatic heterocycles. The molecule has 2 atom stereocenters. The van der Waals surface area contributed by atoms with Crippen molar-refractivity contribution in [3.8, 4) is 0 Å². The van der Waals surface area contributed by atoms with E-state index in [-0.39, 0.29) is 24.5 Å². The second kappa shape index (κ2) is 8.67. The minimum absolute atomic E-state index is 0.116. The second-order valence-electron chi connectivity index (χ2n) is 6.64. The molecule has 0 bridgehead atoms. The molecule has 1 fully saturated rings. The second-order valence-corrected chi connectivity index (χ2v) is 6.64. The number of amides is 2. The van der Waals surface area contributed by atoms with E-state index in [0.717, 1.165) is 5.56 Å². The number of rotatable bonds is 7. The van der Waals surface area contributed by atoms with Gasteiger partial charge in [0.05, 0.1) is 6.04 Å². The zero-order valence-electron chi connectivity index (χ0n) is 14.8. The maximum atomic E-state index is 12.9. The lowest BCUT2D eigenvalue weighted by Crippen LogP contribution is -2.43. The van der Waals surface area contributed by atoms with Crippen molar-refractivity contribution in [3.63, 3.8) is 0 Å². The first kappa shape index (κ1) is 18.2. The van der Waals surface area contributed by atoms with Crippen molar-refractivity contribution in [1.29, 1.82) is 0 Å². The first-order valence-corrected chi connectivity index (χ1v) is 8.73. The molecule has 4 nitrogen and oxygen atoms in total. The van der Waals surface area contributed by atoms with E-state index in [2.05, 4.69) is 19.9 Å². The van der Waals surface area contributed by atoms with Crippen LogP contribution in [0.4, 0.5) is 4.79 Å². The Morgan fingerprint density at radius 2 is 2.04 bits per heavy atom.